The molecule has 1 heterocycles. The van der Waals surface area contributed by atoms with E-state index in [1.54, 1.807) is 0 Å². The Morgan fingerprint density at radius 2 is 2.05 bits per heavy atom. The third-order valence-electron chi connectivity index (χ3n) is 3.84. The second-order valence-electron chi connectivity index (χ2n) is 5.17. The molecule has 0 aromatic heterocycles. The highest BCUT2D eigenvalue weighted by Crippen LogP contribution is 2.27. The minimum Gasteiger partial charge on any atom is -0.334 e. The zero-order chi connectivity index (χ0) is 14.9. The van der Waals surface area contributed by atoms with Crippen molar-refractivity contribution in [1.82, 2.24) is 4.90 Å². The fourth-order valence-electron chi connectivity index (χ4n) is 2.75. The Hall–Kier alpha value is -1.01. The molecule has 1 aromatic carbocycles. The number of piperidine rings is 1. The minimum atomic E-state index is -0.851. The Morgan fingerprint density at radius 3 is 2.60 bits per heavy atom. The van der Waals surface area contributed by atoms with Crippen LogP contribution in [0.4, 0.5) is 8.78 Å². The molecule has 1 saturated heterocycles. The van der Waals surface area contributed by atoms with Crippen LogP contribution in [0.2, 0.25) is 0 Å². The van der Waals surface area contributed by atoms with Gasteiger partial charge in [-0.15, -0.1) is 0 Å². The number of carbonyl (C=O) groups is 1. The number of benzene rings is 1. The maximum Gasteiger partial charge on any atom is 0.260 e. The smallest absolute Gasteiger partial charge is 0.260 e. The van der Waals surface area contributed by atoms with E-state index in [2.05, 4.69) is 15.9 Å². The van der Waals surface area contributed by atoms with Crippen LogP contribution in [0.1, 0.15) is 30.1 Å². The number of amides is 1. The van der Waals surface area contributed by atoms with Gasteiger partial charge in [0, 0.05) is 23.6 Å². The van der Waals surface area contributed by atoms with Gasteiger partial charge in [0.1, 0.15) is 17.2 Å². The normalized spacial score (nSPS) is 22.9. The van der Waals surface area contributed by atoms with Crippen LogP contribution >= 0.6 is 15.9 Å². The fourth-order valence-corrected chi connectivity index (χ4v) is 3.15. The summed E-state index contributed by atoms with van der Waals surface area (Å²) in [5.74, 6) is -2.08. The second-order valence-corrected chi connectivity index (χ2v) is 6.08. The first-order valence-corrected chi connectivity index (χ1v) is 7.40. The largest absolute Gasteiger partial charge is 0.334 e. The van der Waals surface area contributed by atoms with Crippen molar-refractivity contribution in [2.24, 2.45) is 11.7 Å². The summed E-state index contributed by atoms with van der Waals surface area (Å²) in [7, 11) is 0. The summed E-state index contributed by atoms with van der Waals surface area (Å²) in [6.45, 7) is 2.79. The summed E-state index contributed by atoms with van der Waals surface area (Å²) in [5.41, 5.74) is 5.21. The standard InChI is InChI=1S/C14H17BrF2N2O/c1-8-3-2-4-19(12(8)7-18)14(20)13-10(16)5-9(15)6-11(13)17/h5-6,8,12H,2-4,7,18H2,1H3. The summed E-state index contributed by atoms with van der Waals surface area (Å²) in [4.78, 5) is 13.9. The van der Waals surface area contributed by atoms with Gasteiger partial charge in [-0.05, 0) is 30.9 Å². The molecule has 1 aromatic rings. The minimum absolute atomic E-state index is 0.168. The maximum atomic E-state index is 13.9. The lowest BCUT2D eigenvalue weighted by Crippen LogP contribution is -2.51. The molecule has 0 aliphatic carbocycles. The van der Waals surface area contributed by atoms with Gasteiger partial charge >= 0.3 is 0 Å². The molecule has 2 rings (SSSR count). The molecule has 20 heavy (non-hydrogen) atoms. The molecule has 1 aliphatic heterocycles. The quantitative estimate of drug-likeness (QED) is 0.894. The van der Waals surface area contributed by atoms with E-state index in [0.29, 0.717) is 13.1 Å². The van der Waals surface area contributed by atoms with Crippen molar-refractivity contribution in [1.29, 1.82) is 0 Å². The fraction of sp³-hybridized carbons (Fsp3) is 0.500. The zero-order valence-electron chi connectivity index (χ0n) is 11.2. The molecule has 6 heteroatoms. The van der Waals surface area contributed by atoms with E-state index in [4.69, 9.17) is 5.73 Å². The molecule has 110 valence electrons. The Labute approximate surface area is 125 Å². The van der Waals surface area contributed by atoms with Crippen molar-refractivity contribution in [2.45, 2.75) is 25.8 Å². The number of hydrogen-bond acceptors (Lipinski definition) is 2. The number of nitrogens with zero attached hydrogens (tertiary/aromatic N) is 1. The molecule has 1 aliphatic rings. The molecule has 0 radical (unpaired) electrons. The Morgan fingerprint density at radius 1 is 1.45 bits per heavy atom. The SMILES string of the molecule is CC1CCCN(C(=O)c2c(F)cc(Br)cc2F)C1CN. The van der Waals surface area contributed by atoms with Crippen molar-refractivity contribution in [3.8, 4) is 0 Å². The Kier molecular flexibility index (Phi) is 4.75. The highest BCUT2D eigenvalue weighted by molar-refractivity contribution is 9.10. The summed E-state index contributed by atoms with van der Waals surface area (Å²) in [5, 5.41) is 0. The van der Waals surface area contributed by atoms with E-state index < -0.39 is 23.1 Å². The van der Waals surface area contributed by atoms with Crippen molar-refractivity contribution in [3.05, 3.63) is 33.8 Å². The first kappa shape index (κ1) is 15.4. The van der Waals surface area contributed by atoms with E-state index in [1.807, 2.05) is 6.92 Å². The molecule has 2 atom stereocenters. The molecule has 1 fully saturated rings. The first-order chi connectivity index (χ1) is 9.45. The van der Waals surface area contributed by atoms with Gasteiger partial charge in [0.25, 0.3) is 5.91 Å². The molecule has 3 nitrogen and oxygen atoms in total. The second kappa shape index (κ2) is 6.18. The first-order valence-electron chi connectivity index (χ1n) is 6.61. The average Bonchev–Trinajstić information content (AvgIpc) is 2.37. The lowest BCUT2D eigenvalue weighted by molar-refractivity contribution is 0.0523. The lowest BCUT2D eigenvalue weighted by Gasteiger charge is -2.39. The number of nitrogens with two attached hydrogens (primary N) is 1. The molecular formula is C14H17BrF2N2O. The average molecular weight is 347 g/mol. The van der Waals surface area contributed by atoms with E-state index in [1.165, 1.54) is 4.90 Å². The van der Waals surface area contributed by atoms with Gasteiger partial charge in [-0.1, -0.05) is 22.9 Å². The van der Waals surface area contributed by atoms with Crippen LogP contribution in [0.3, 0.4) is 0 Å². The van der Waals surface area contributed by atoms with Gasteiger partial charge in [0.05, 0.1) is 0 Å². The number of halogens is 3. The van der Waals surface area contributed by atoms with Crippen LogP contribution in [-0.4, -0.2) is 29.9 Å². The van der Waals surface area contributed by atoms with Gasteiger partial charge in [-0.2, -0.15) is 0 Å². The van der Waals surface area contributed by atoms with Gasteiger partial charge in [0.2, 0.25) is 0 Å². The van der Waals surface area contributed by atoms with Crippen molar-refractivity contribution in [3.63, 3.8) is 0 Å². The molecule has 2 N–H and O–H groups in total. The third kappa shape index (κ3) is 2.86. The van der Waals surface area contributed by atoms with Gasteiger partial charge < -0.3 is 10.6 Å². The molecule has 0 bridgehead atoms. The summed E-state index contributed by atoms with van der Waals surface area (Å²) in [6, 6.07) is 2.03. The van der Waals surface area contributed by atoms with E-state index >= 15 is 0 Å². The Balaban J connectivity index is 2.35. The molecule has 2 unspecified atom stereocenters. The number of hydrogen-bond donors (Lipinski definition) is 1. The third-order valence-corrected chi connectivity index (χ3v) is 4.30. The van der Waals surface area contributed by atoms with Gasteiger partial charge in [0.15, 0.2) is 0 Å². The van der Waals surface area contributed by atoms with Gasteiger partial charge in [-0.25, -0.2) is 8.78 Å². The van der Waals surface area contributed by atoms with E-state index in [0.717, 1.165) is 25.0 Å². The predicted octanol–water partition coefficient (Wildman–Crippen LogP) is 2.93. The van der Waals surface area contributed by atoms with Crippen LogP contribution in [-0.2, 0) is 0 Å². The highest BCUT2D eigenvalue weighted by atomic mass is 79.9. The Bertz CT molecular complexity index is 501. The summed E-state index contributed by atoms with van der Waals surface area (Å²) in [6.07, 6.45) is 1.79. The highest BCUT2D eigenvalue weighted by Gasteiger charge is 2.33. The van der Waals surface area contributed by atoms with E-state index in [9.17, 15) is 13.6 Å². The predicted molar refractivity (Wildman–Crippen MR) is 76.3 cm³/mol. The lowest BCUT2D eigenvalue weighted by atomic mass is 9.90. The topological polar surface area (TPSA) is 46.3 Å². The number of likely N-dealkylation sites (tertiary alicyclic amines) is 1. The van der Waals surface area contributed by atoms with Crippen LogP contribution in [0.25, 0.3) is 0 Å². The molecule has 0 saturated carbocycles. The summed E-state index contributed by atoms with van der Waals surface area (Å²) >= 11 is 3.00. The van der Waals surface area contributed by atoms with Crippen molar-refractivity contribution >= 4 is 21.8 Å². The van der Waals surface area contributed by atoms with E-state index in [-0.39, 0.29) is 16.4 Å². The number of carbonyl (C=O) groups excluding carboxylic acids is 1. The van der Waals surface area contributed by atoms with Crippen LogP contribution in [0.15, 0.2) is 16.6 Å². The number of rotatable bonds is 2. The van der Waals surface area contributed by atoms with Crippen LogP contribution < -0.4 is 5.73 Å². The molecule has 1 amide bonds. The summed E-state index contributed by atoms with van der Waals surface area (Å²) < 4.78 is 28.1. The molecule has 0 spiro atoms. The monoisotopic (exact) mass is 346 g/mol. The van der Waals surface area contributed by atoms with Crippen molar-refractivity contribution < 1.29 is 13.6 Å². The van der Waals surface area contributed by atoms with Crippen molar-refractivity contribution in [2.75, 3.05) is 13.1 Å². The zero-order valence-corrected chi connectivity index (χ0v) is 12.8. The maximum absolute atomic E-state index is 13.9. The van der Waals surface area contributed by atoms with Crippen LogP contribution in [0.5, 0.6) is 0 Å². The van der Waals surface area contributed by atoms with Crippen LogP contribution in [0, 0.1) is 17.6 Å². The van der Waals surface area contributed by atoms with Gasteiger partial charge in [-0.3, -0.25) is 4.79 Å². The molecular weight excluding hydrogens is 330 g/mol.